The molecule has 1 fully saturated rings. The van der Waals surface area contributed by atoms with E-state index in [0.29, 0.717) is 38.3 Å². The number of pyridine rings is 1. The second-order valence-corrected chi connectivity index (χ2v) is 4.72. The molecule has 2 heterocycles. The number of nitrogens with one attached hydrogen (secondary N) is 1. The van der Waals surface area contributed by atoms with Gasteiger partial charge in [0.05, 0.1) is 6.42 Å². The number of hydrogen-bond acceptors (Lipinski definition) is 4. The Balaban J connectivity index is 1.89. The van der Waals surface area contributed by atoms with Crippen molar-refractivity contribution in [1.82, 2.24) is 14.8 Å². The van der Waals surface area contributed by atoms with Gasteiger partial charge in [-0.2, -0.15) is 0 Å². The lowest BCUT2D eigenvalue weighted by molar-refractivity contribution is -0.137. The zero-order chi connectivity index (χ0) is 14.5. The maximum Gasteiger partial charge on any atom is 0.304 e. The summed E-state index contributed by atoms with van der Waals surface area (Å²) in [7, 11) is 0. The molecule has 1 aromatic heterocycles. The minimum atomic E-state index is -0.813. The maximum absolute atomic E-state index is 12.2. The normalized spacial score (nSPS) is 16.1. The summed E-state index contributed by atoms with van der Waals surface area (Å²) in [5, 5.41) is 8.64. The number of piperazine rings is 1. The van der Waals surface area contributed by atoms with E-state index in [4.69, 9.17) is 5.11 Å². The third-order valence-corrected chi connectivity index (χ3v) is 3.32. The van der Waals surface area contributed by atoms with Crippen molar-refractivity contribution in [3.8, 4) is 0 Å². The van der Waals surface area contributed by atoms with Crippen LogP contribution in [-0.4, -0.2) is 64.5 Å². The van der Waals surface area contributed by atoms with Gasteiger partial charge in [-0.1, -0.05) is 0 Å². The van der Waals surface area contributed by atoms with Gasteiger partial charge in [0, 0.05) is 50.6 Å². The molecule has 0 aliphatic carbocycles. The van der Waals surface area contributed by atoms with Crippen LogP contribution < -0.4 is 5.56 Å². The lowest BCUT2D eigenvalue weighted by Crippen LogP contribution is -2.49. The second kappa shape index (κ2) is 6.33. The van der Waals surface area contributed by atoms with Gasteiger partial charge in [0.2, 0.25) is 5.56 Å². The van der Waals surface area contributed by atoms with Crippen molar-refractivity contribution >= 4 is 11.9 Å². The van der Waals surface area contributed by atoms with Gasteiger partial charge >= 0.3 is 5.97 Å². The highest BCUT2D eigenvalue weighted by atomic mass is 16.4. The molecule has 2 N–H and O–H groups in total. The number of carbonyl (C=O) groups is 2. The first-order valence-corrected chi connectivity index (χ1v) is 6.48. The molecule has 7 heteroatoms. The van der Waals surface area contributed by atoms with Gasteiger partial charge in [0.15, 0.2) is 0 Å². The van der Waals surface area contributed by atoms with E-state index in [1.807, 2.05) is 4.90 Å². The van der Waals surface area contributed by atoms with E-state index in [2.05, 4.69) is 4.98 Å². The Morgan fingerprint density at radius 2 is 1.95 bits per heavy atom. The third-order valence-electron chi connectivity index (χ3n) is 3.32. The van der Waals surface area contributed by atoms with Gasteiger partial charge in [-0.05, 0) is 6.07 Å². The molecular weight excluding hydrogens is 262 g/mol. The lowest BCUT2D eigenvalue weighted by Gasteiger charge is -2.34. The molecule has 0 bridgehead atoms. The number of carboxylic acids is 1. The third kappa shape index (κ3) is 3.67. The molecule has 108 valence electrons. The van der Waals surface area contributed by atoms with Crippen LogP contribution in [-0.2, 0) is 4.79 Å². The van der Waals surface area contributed by atoms with Crippen molar-refractivity contribution in [3.63, 3.8) is 0 Å². The Labute approximate surface area is 115 Å². The maximum atomic E-state index is 12.2. The first kappa shape index (κ1) is 14.3. The molecule has 20 heavy (non-hydrogen) atoms. The molecule has 0 radical (unpaired) electrons. The van der Waals surface area contributed by atoms with Crippen LogP contribution in [0.25, 0.3) is 0 Å². The number of aromatic nitrogens is 1. The fourth-order valence-electron chi connectivity index (χ4n) is 2.19. The summed E-state index contributed by atoms with van der Waals surface area (Å²) in [4.78, 5) is 40.1. The molecule has 0 saturated carbocycles. The summed E-state index contributed by atoms with van der Waals surface area (Å²) >= 11 is 0. The van der Waals surface area contributed by atoms with E-state index in [1.54, 1.807) is 11.0 Å². The van der Waals surface area contributed by atoms with E-state index in [9.17, 15) is 14.4 Å². The largest absolute Gasteiger partial charge is 0.481 e. The summed E-state index contributed by atoms with van der Waals surface area (Å²) in [5.74, 6) is -0.971. The fraction of sp³-hybridized carbons (Fsp3) is 0.462. The molecule has 1 saturated heterocycles. The monoisotopic (exact) mass is 279 g/mol. The van der Waals surface area contributed by atoms with Crippen LogP contribution in [0, 0.1) is 0 Å². The number of aromatic amines is 1. The Kier molecular flexibility index (Phi) is 4.52. The molecule has 1 aromatic rings. The van der Waals surface area contributed by atoms with E-state index in [0.717, 1.165) is 0 Å². The molecule has 0 unspecified atom stereocenters. The zero-order valence-electron chi connectivity index (χ0n) is 11.0. The van der Waals surface area contributed by atoms with Crippen LogP contribution in [0.15, 0.2) is 23.1 Å². The van der Waals surface area contributed by atoms with Gasteiger partial charge in [0.25, 0.3) is 5.91 Å². The highest BCUT2D eigenvalue weighted by Gasteiger charge is 2.22. The highest BCUT2D eigenvalue weighted by Crippen LogP contribution is 2.07. The fourth-order valence-corrected chi connectivity index (χ4v) is 2.19. The number of aliphatic carboxylic acids is 1. The van der Waals surface area contributed by atoms with E-state index in [1.165, 1.54) is 12.3 Å². The number of H-pyrrole nitrogens is 1. The number of carboxylic acid groups (broad SMARTS) is 1. The van der Waals surface area contributed by atoms with Crippen molar-refractivity contribution < 1.29 is 14.7 Å². The summed E-state index contributed by atoms with van der Waals surface area (Å²) in [5.41, 5.74) is 0.0867. The molecule has 0 atom stereocenters. The molecule has 0 aromatic carbocycles. The summed E-state index contributed by atoms with van der Waals surface area (Å²) in [6.07, 6.45) is 1.57. The molecule has 1 aliphatic heterocycles. The Hall–Kier alpha value is -2.15. The standard InChI is InChI=1S/C13H17N3O4/c17-11-9-10(1-3-14-11)13(20)16-7-5-15(6-8-16)4-2-12(18)19/h1,3,9H,2,4-8H2,(H,14,17)(H,18,19). The average Bonchev–Trinajstić information content (AvgIpc) is 2.45. The van der Waals surface area contributed by atoms with E-state index >= 15 is 0 Å². The summed E-state index contributed by atoms with van der Waals surface area (Å²) in [6.45, 7) is 2.91. The van der Waals surface area contributed by atoms with Crippen molar-refractivity contribution in [1.29, 1.82) is 0 Å². The van der Waals surface area contributed by atoms with Gasteiger partial charge in [-0.3, -0.25) is 19.3 Å². The minimum absolute atomic E-state index is 0.113. The van der Waals surface area contributed by atoms with Gasteiger partial charge in [0.1, 0.15) is 0 Å². The van der Waals surface area contributed by atoms with Gasteiger partial charge in [-0.25, -0.2) is 0 Å². The van der Waals surface area contributed by atoms with Gasteiger partial charge in [-0.15, -0.1) is 0 Å². The molecular formula is C13H17N3O4. The van der Waals surface area contributed by atoms with Crippen molar-refractivity contribution in [2.24, 2.45) is 0 Å². The molecule has 7 nitrogen and oxygen atoms in total. The summed E-state index contributed by atoms with van der Waals surface area (Å²) < 4.78 is 0. The average molecular weight is 279 g/mol. The van der Waals surface area contributed by atoms with Gasteiger partial charge < -0.3 is 15.0 Å². The molecule has 1 amide bonds. The summed E-state index contributed by atoms with van der Waals surface area (Å²) in [6, 6.07) is 2.87. The Morgan fingerprint density at radius 3 is 2.55 bits per heavy atom. The second-order valence-electron chi connectivity index (χ2n) is 4.72. The van der Waals surface area contributed by atoms with Crippen molar-refractivity contribution in [3.05, 3.63) is 34.2 Å². The number of nitrogens with zero attached hydrogens (tertiary/aromatic N) is 2. The van der Waals surface area contributed by atoms with Crippen molar-refractivity contribution in [2.75, 3.05) is 32.7 Å². The number of hydrogen-bond donors (Lipinski definition) is 2. The smallest absolute Gasteiger partial charge is 0.304 e. The Bertz CT molecular complexity index is 547. The molecule has 1 aliphatic rings. The number of amides is 1. The Morgan fingerprint density at radius 1 is 1.25 bits per heavy atom. The van der Waals surface area contributed by atoms with Crippen LogP contribution in [0.4, 0.5) is 0 Å². The first-order valence-electron chi connectivity index (χ1n) is 6.48. The lowest BCUT2D eigenvalue weighted by atomic mass is 10.2. The topological polar surface area (TPSA) is 93.7 Å². The number of rotatable bonds is 4. The number of carbonyl (C=O) groups excluding carboxylic acids is 1. The van der Waals surface area contributed by atoms with Crippen LogP contribution in [0.3, 0.4) is 0 Å². The van der Waals surface area contributed by atoms with Crippen LogP contribution in [0.2, 0.25) is 0 Å². The van der Waals surface area contributed by atoms with Crippen LogP contribution in [0.5, 0.6) is 0 Å². The van der Waals surface area contributed by atoms with E-state index in [-0.39, 0.29) is 17.9 Å². The highest BCUT2D eigenvalue weighted by molar-refractivity contribution is 5.94. The zero-order valence-corrected chi connectivity index (χ0v) is 11.0. The first-order chi connectivity index (χ1) is 9.56. The minimum Gasteiger partial charge on any atom is -0.481 e. The van der Waals surface area contributed by atoms with Crippen molar-refractivity contribution in [2.45, 2.75) is 6.42 Å². The quantitative estimate of drug-likeness (QED) is 0.782. The SMILES string of the molecule is O=C(O)CCN1CCN(C(=O)c2cc[nH]c(=O)c2)CC1. The van der Waals surface area contributed by atoms with E-state index < -0.39 is 5.97 Å². The molecule has 0 spiro atoms. The molecule has 2 rings (SSSR count). The predicted octanol–water partition coefficient (Wildman–Crippen LogP) is -0.393. The predicted molar refractivity (Wildman–Crippen MR) is 71.7 cm³/mol. The van der Waals surface area contributed by atoms with Crippen LogP contribution in [0.1, 0.15) is 16.8 Å². The van der Waals surface area contributed by atoms with Crippen LogP contribution >= 0.6 is 0 Å².